The summed E-state index contributed by atoms with van der Waals surface area (Å²) < 4.78 is 1.65. The number of carbonyl (C=O) groups excluding carboxylic acids is 1. The highest BCUT2D eigenvalue weighted by Gasteiger charge is 2.49. The first-order valence-electron chi connectivity index (χ1n) is 7.08. The molecule has 0 spiro atoms. The minimum Gasteiger partial charge on any atom is -0.350 e. The van der Waals surface area contributed by atoms with Crippen molar-refractivity contribution in [3.05, 3.63) is 11.9 Å². The maximum atomic E-state index is 12.6. The summed E-state index contributed by atoms with van der Waals surface area (Å²) in [5.41, 5.74) is 0.631. The largest absolute Gasteiger partial charge is 0.350 e. The van der Waals surface area contributed by atoms with Crippen LogP contribution in [0.4, 0.5) is 0 Å². The summed E-state index contributed by atoms with van der Waals surface area (Å²) in [4.78, 5) is 12.6. The molecular formula is C13H21N5O. The fourth-order valence-electron chi connectivity index (χ4n) is 3.51. The van der Waals surface area contributed by atoms with Gasteiger partial charge in [-0.05, 0) is 25.8 Å². The van der Waals surface area contributed by atoms with Gasteiger partial charge in [0.15, 0.2) is 0 Å². The van der Waals surface area contributed by atoms with Gasteiger partial charge in [0.05, 0.1) is 12.0 Å². The Morgan fingerprint density at radius 1 is 1.58 bits per heavy atom. The molecule has 2 fully saturated rings. The number of nitrogens with zero attached hydrogens (tertiary/aromatic N) is 3. The smallest absolute Gasteiger partial charge is 0.228 e. The van der Waals surface area contributed by atoms with Crippen molar-refractivity contribution < 1.29 is 4.79 Å². The molecule has 104 valence electrons. The topological polar surface area (TPSA) is 71.8 Å². The van der Waals surface area contributed by atoms with Crippen LogP contribution in [0.25, 0.3) is 0 Å². The lowest BCUT2D eigenvalue weighted by Gasteiger charge is -2.37. The zero-order valence-corrected chi connectivity index (χ0v) is 11.4. The molecule has 1 aromatic rings. The molecule has 3 rings (SSSR count). The Hall–Kier alpha value is -1.43. The molecule has 19 heavy (non-hydrogen) atoms. The van der Waals surface area contributed by atoms with Crippen molar-refractivity contribution in [2.45, 2.75) is 44.7 Å². The molecule has 2 aliphatic rings. The number of fused-ring (bicyclic) bond motifs is 1. The van der Waals surface area contributed by atoms with Gasteiger partial charge in [-0.3, -0.25) is 9.48 Å². The molecule has 1 saturated heterocycles. The molecule has 1 aliphatic heterocycles. The first-order valence-corrected chi connectivity index (χ1v) is 7.08. The average Bonchev–Trinajstić information content (AvgIpc) is 3.02. The van der Waals surface area contributed by atoms with Gasteiger partial charge in [0, 0.05) is 19.3 Å². The highest BCUT2D eigenvalue weighted by Crippen LogP contribution is 2.42. The minimum atomic E-state index is -0.180. The van der Waals surface area contributed by atoms with Gasteiger partial charge in [0.2, 0.25) is 5.91 Å². The maximum absolute atomic E-state index is 12.6. The van der Waals surface area contributed by atoms with Gasteiger partial charge in [-0.15, -0.1) is 5.10 Å². The van der Waals surface area contributed by atoms with E-state index < -0.39 is 0 Å². The van der Waals surface area contributed by atoms with Crippen LogP contribution in [0.3, 0.4) is 0 Å². The van der Waals surface area contributed by atoms with Crippen LogP contribution < -0.4 is 10.6 Å². The summed E-state index contributed by atoms with van der Waals surface area (Å²) in [6.45, 7) is 1.43. The van der Waals surface area contributed by atoms with Gasteiger partial charge >= 0.3 is 0 Å². The van der Waals surface area contributed by atoms with Crippen LogP contribution in [0.1, 0.15) is 37.8 Å². The van der Waals surface area contributed by atoms with Gasteiger partial charge in [-0.2, -0.15) is 0 Å². The zero-order valence-electron chi connectivity index (χ0n) is 11.4. The molecule has 1 aromatic heterocycles. The normalized spacial score (nSPS) is 30.1. The van der Waals surface area contributed by atoms with E-state index in [2.05, 4.69) is 20.9 Å². The monoisotopic (exact) mass is 263 g/mol. The third-order valence-corrected chi connectivity index (χ3v) is 4.53. The molecule has 0 radical (unpaired) electrons. The third-order valence-electron chi connectivity index (χ3n) is 4.53. The number of carbonyl (C=O) groups is 1. The predicted octanol–water partition coefficient (Wildman–Crippen LogP) is 0.354. The quantitative estimate of drug-likeness (QED) is 0.825. The Kier molecular flexibility index (Phi) is 3.26. The molecule has 0 bridgehead atoms. The van der Waals surface area contributed by atoms with Gasteiger partial charge < -0.3 is 10.6 Å². The Balaban J connectivity index is 1.65. The van der Waals surface area contributed by atoms with Gasteiger partial charge in [-0.1, -0.05) is 18.1 Å². The van der Waals surface area contributed by atoms with Crippen LogP contribution in [0.5, 0.6) is 0 Å². The molecule has 2 atom stereocenters. The summed E-state index contributed by atoms with van der Waals surface area (Å²) in [5, 5.41) is 14.4. The molecule has 1 amide bonds. The lowest BCUT2D eigenvalue weighted by atomic mass is 9.70. The van der Waals surface area contributed by atoms with E-state index >= 15 is 0 Å². The van der Waals surface area contributed by atoms with E-state index in [0.29, 0.717) is 12.6 Å². The van der Waals surface area contributed by atoms with E-state index in [0.717, 1.165) is 37.9 Å². The maximum Gasteiger partial charge on any atom is 0.228 e. The fraction of sp³-hybridized carbons (Fsp3) is 0.769. The predicted molar refractivity (Wildman–Crippen MR) is 70.2 cm³/mol. The average molecular weight is 263 g/mol. The van der Waals surface area contributed by atoms with E-state index in [4.69, 9.17) is 0 Å². The molecule has 0 aromatic carbocycles. The summed E-state index contributed by atoms with van der Waals surface area (Å²) in [6.07, 6.45) is 7.33. The number of nitrogens with one attached hydrogen (secondary N) is 2. The van der Waals surface area contributed by atoms with Crippen molar-refractivity contribution in [2.24, 2.45) is 12.5 Å². The van der Waals surface area contributed by atoms with Crippen LogP contribution in [-0.2, 0) is 18.4 Å². The second kappa shape index (κ2) is 4.92. The molecule has 2 N–H and O–H groups in total. The standard InChI is InChI=1S/C13H21N5O/c1-18-9-10(16-17-18)8-15-12(19)13-5-3-2-4-11(13)14-7-6-13/h9,11,14H,2-8H2,1H3,(H,15,19)/t11-,13+/m0/s1. The Morgan fingerprint density at radius 3 is 3.26 bits per heavy atom. The van der Waals surface area contributed by atoms with E-state index in [1.807, 2.05) is 13.2 Å². The highest BCUT2D eigenvalue weighted by atomic mass is 16.2. The van der Waals surface area contributed by atoms with Crippen LogP contribution in [0, 0.1) is 5.41 Å². The van der Waals surface area contributed by atoms with E-state index in [1.165, 1.54) is 6.42 Å². The fourth-order valence-corrected chi connectivity index (χ4v) is 3.51. The molecule has 0 unspecified atom stereocenters. The molecule has 2 heterocycles. The van der Waals surface area contributed by atoms with Gasteiger partial charge in [0.25, 0.3) is 0 Å². The summed E-state index contributed by atoms with van der Waals surface area (Å²) in [7, 11) is 1.83. The SMILES string of the molecule is Cn1cc(CNC(=O)[C@@]23CCCC[C@@H]2NCC3)nn1. The van der Waals surface area contributed by atoms with Crippen LogP contribution in [0.15, 0.2) is 6.20 Å². The minimum absolute atomic E-state index is 0.180. The number of rotatable bonds is 3. The Bertz CT molecular complexity index is 471. The second-order valence-electron chi connectivity index (χ2n) is 5.72. The van der Waals surface area contributed by atoms with Gasteiger partial charge in [0.1, 0.15) is 5.69 Å². The summed E-state index contributed by atoms with van der Waals surface area (Å²) in [5.74, 6) is 0.188. The molecule has 1 saturated carbocycles. The number of aromatic nitrogens is 3. The van der Waals surface area contributed by atoms with Crippen molar-refractivity contribution >= 4 is 5.91 Å². The van der Waals surface area contributed by atoms with E-state index in [-0.39, 0.29) is 11.3 Å². The molecule has 6 heteroatoms. The lowest BCUT2D eigenvalue weighted by Crippen LogP contribution is -2.50. The van der Waals surface area contributed by atoms with Crippen molar-refractivity contribution in [3.8, 4) is 0 Å². The van der Waals surface area contributed by atoms with Crippen LogP contribution >= 0.6 is 0 Å². The Morgan fingerprint density at radius 2 is 2.47 bits per heavy atom. The van der Waals surface area contributed by atoms with Crippen molar-refractivity contribution in [3.63, 3.8) is 0 Å². The number of amides is 1. The summed E-state index contributed by atoms with van der Waals surface area (Å²) in [6, 6.07) is 0.364. The lowest BCUT2D eigenvalue weighted by molar-refractivity contribution is -0.133. The number of hydrogen-bond acceptors (Lipinski definition) is 4. The Labute approximate surface area is 112 Å². The van der Waals surface area contributed by atoms with Crippen molar-refractivity contribution in [1.82, 2.24) is 25.6 Å². The summed E-state index contributed by atoms with van der Waals surface area (Å²) >= 11 is 0. The molecule has 6 nitrogen and oxygen atoms in total. The number of aryl methyl sites for hydroxylation is 1. The van der Waals surface area contributed by atoms with E-state index in [1.54, 1.807) is 4.68 Å². The molecular weight excluding hydrogens is 242 g/mol. The van der Waals surface area contributed by atoms with Crippen molar-refractivity contribution in [1.29, 1.82) is 0 Å². The van der Waals surface area contributed by atoms with Gasteiger partial charge in [-0.25, -0.2) is 0 Å². The van der Waals surface area contributed by atoms with Crippen LogP contribution in [-0.4, -0.2) is 33.5 Å². The zero-order chi connectivity index (χ0) is 13.3. The van der Waals surface area contributed by atoms with Crippen molar-refractivity contribution in [2.75, 3.05) is 6.54 Å². The highest BCUT2D eigenvalue weighted by molar-refractivity contribution is 5.84. The second-order valence-corrected chi connectivity index (χ2v) is 5.72. The first kappa shape index (κ1) is 12.6. The van der Waals surface area contributed by atoms with E-state index in [9.17, 15) is 4.79 Å². The first-order chi connectivity index (χ1) is 9.21. The molecule has 1 aliphatic carbocycles. The number of hydrogen-bond donors (Lipinski definition) is 2. The van der Waals surface area contributed by atoms with Crippen LogP contribution in [0.2, 0.25) is 0 Å². The third kappa shape index (κ3) is 2.25.